The molecule has 0 radical (unpaired) electrons. The molecular weight excluding hydrogens is 209 g/mol. The number of rotatable bonds is 5. The molecule has 0 aliphatic heterocycles. The molecule has 0 fully saturated rings. The monoisotopic (exact) mass is 225 g/mol. The van der Waals surface area contributed by atoms with E-state index < -0.39 is 6.67 Å². The summed E-state index contributed by atoms with van der Waals surface area (Å²) >= 11 is 0. The average Bonchev–Trinajstić information content (AvgIpc) is 2.28. The molecule has 0 heterocycles. The molecule has 1 aromatic carbocycles. The summed E-state index contributed by atoms with van der Waals surface area (Å²) in [7, 11) is 0. The Morgan fingerprint density at radius 1 is 1.56 bits per heavy atom. The van der Waals surface area contributed by atoms with Crippen LogP contribution in [0.15, 0.2) is 24.3 Å². The highest BCUT2D eigenvalue weighted by Gasteiger charge is 2.16. The number of hydrogen-bond donors (Lipinski definition) is 1. The molecule has 0 amide bonds. The summed E-state index contributed by atoms with van der Waals surface area (Å²) in [6.45, 7) is 1.40. The van der Waals surface area contributed by atoms with Crippen LogP contribution in [-0.2, 0) is 9.53 Å². The molecule has 1 aromatic rings. The summed E-state index contributed by atoms with van der Waals surface area (Å²) in [5.41, 5.74) is 7.04. The largest absolute Gasteiger partial charge is 0.465 e. The third-order valence-corrected chi connectivity index (χ3v) is 2.29. The number of benzene rings is 1. The van der Waals surface area contributed by atoms with Crippen LogP contribution in [0.25, 0.3) is 0 Å². The van der Waals surface area contributed by atoms with Gasteiger partial charge in [0.2, 0.25) is 0 Å². The topological polar surface area (TPSA) is 52.3 Å². The van der Waals surface area contributed by atoms with Crippen LogP contribution in [0.3, 0.4) is 0 Å². The van der Waals surface area contributed by atoms with Crippen molar-refractivity contribution in [2.45, 2.75) is 19.3 Å². The van der Waals surface area contributed by atoms with Crippen LogP contribution in [0.4, 0.5) is 10.1 Å². The summed E-state index contributed by atoms with van der Waals surface area (Å²) in [6.07, 6.45) is 0.245. The highest BCUT2D eigenvalue weighted by atomic mass is 19.1. The fourth-order valence-corrected chi connectivity index (χ4v) is 1.32. The quantitative estimate of drug-likeness (QED) is 0.475. The van der Waals surface area contributed by atoms with Gasteiger partial charge in [0.15, 0.2) is 0 Å². The van der Waals surface area contributed by atoms with Gasteiger partial charge in [-0.05, 0) is 24.6 Å². The van der Waals surface area contributed by atoms with Gasteiger partial charge in [0.1, 0.15) is 0 Å². The van der Waals surface area contributed by atoms with Crippen molar-refractivity contribution in [1.29, 1.82) is 0 Å². The first kappa shape index (κ1) is 12.5. The molecule has 88 valence electrons. The van der Waals surface area contributed by atoms with Gasteiger partial charge < -0.3 is 10.5 Å². The average molecular weight is 225 g/mol. The number of anilines is 1. The van der Waals surface area contributed by atoms with E-state index in [1.807, 2.05) is 6.07 Å². The van der Waals surface area contributed by atoms with Gasteiger partial charge in [0.05, 0.1) is 19.2 Å². The normalized spacial score (nSPS) is 12.1. The lowest BCUT2D eigenvalue weighted by molar-refractivity contribution is -0.145. The maximum atomic E-state index is 11.8. The maximum Gasteiger partial charge on any atom is 0.313 e. The highest BCUT2D eigenvalue weighted by Crippen LogP contribution is 2.19. The van der Waals surface area contributed by atoms with E-state index in [2.05, 4.69) is 0 Å². The Morgan fingerprint density at radius 2 is 2.31 bits per heavy atom. The number of esters is 1. The number of carbonyl (C=O) groups is 1. The molecule has 1 unspecified atom stereocenters. The van der Waals surface area contributed by atoms with Gasteiger partial charge in [-0.15, -0.1) is 0 Å². The Balaban J connectivity index is 2.56. The molecular formula is C12H16FNO2. The van der Waals surface area contributed by atoms with Crippen molar-refractivity contribution in [2.24, 2.45) is 0 Å². The fraction of sp³-hybridized carbons (Fsp3) is 0.417. The minimum atomic E-state index is -0.472. The fourth-order valence-electron chi connectivity index (χ4n) is 1.32. The van der Waals surface area contributed by atoms with Gasteiger partial charge >= 0.3 is 5.97 Å². The first-order valence-electron chi connectivity index (χ1n) is 5.23. The molecule has 3 nitrogen and oxygen atoms in total. The van der Waals surface area contributed by atoms with E-state index in [1.165, 1.54) is 0 Å². The highest BCUT2D eigenvalue weighted by molar-refractivity contribution is 5.78. The zero-order valence-corrected chi connectivity index (χ0v) is 9.28. The molecule has 4 heteroatoms. The summed E-state index contributed by atoms with van der Waals surface area (Å²) in [4.78, 5) is 11.5. The minimum absolute atomic E-state index is 0.127. The molecule has 0 bridgehead atoms. The molecule has 0 aliphatic carbocycles. The predicted octanol–water partition coefficient (Wildman–Crippen LogP) is 2.28. The van der Waals surface area contributed by atoms with E-state index in [9.17, 15) is 9.18 Å². The molecule has 0 aliphatic rings. The third kappa shape index (κ3) is 3.53. The van der Waals surface area contributed by atoms with Crippen molar-refractivity contribution >= 4 is 11.7 Å². The van der Waals surface area contributed by atoms with Crippen molar-refractivity contribution in [3.8, 4) is 0 Å². The lowest BCUT2D eigenvalue weighted by Crippen LogP contribution is -2.14. The first-order valence-corrected chi connectivity index (χ1v) is 5.23. The van der Waals surface area contributed by atoms with Crippen molar-refractivity contribution in [2.75, 3.05) is 19.0 Å². The van der Waals surface area contributed by atoms with Gasteiger partial charge in [-0.1, -0.05) is 12.1 Å². The van der Waals surface area contributed by atoms with E-state index in [0.29, 0.717) is 5.69 Å². The predicted molar refractivity (Wildman–Crippen MR) is 60.8 cm³/mol. The lowest BCUT2D eigenvalue weighted by atomic mass is 10.0. The van der Waals surface area contributed by atoms with E-state index in [-0.39, 0.29) is 24.9 Å². The van der Waals surface area contributed by atoms with E-state index in [0.717, 1.165) is 5.56 Å². The SMILES string of the molecule is CC(C(=O)OCCCF)c1cccc(N)c1. The molecule has 2 N–H and O–H groups in total. The van der Waals surface area contributed by atoms with Crippen LogP contribution in [0.1, 0.15) is 24.8 Å². The number of alkyl halides is 1. The second-order valence-electron chi connectivity index (χ2n) is 3.60. The van der Waals surface area contributed by atoms with Gasteiger partial charge in [0, 0.05) is 12.1 Å². The Hall–Kier alpha value is -1.58. The Labute approximate surface area is 94.4 Å². The Morgan fingerprint density at radius 3 is 2.94 bits per heavy atom. The van der Waals surface area contributed by atoms with Crippen molar-refractivity contribution in [3.05, 3.63) is 29.8 Å². The Kier molecular flexibility index (Phi) is 4.76. The van der Waals surface area contributed by atoms with Crippen molar-refractivity contribution < 1.29 is 13.9 Å². The summed E-state index contributed by atoms with van der Waals surface area (Å²) in [6, 6.07) is 7.10. The summed E-state index contributed by atoms with van der Waals surface area (Å²) < 4.78 is 16.7. The zero-order valence-electron chi connectivity index (χ0n) is 9.28. The number of halogens is 1. The summed E-state index contributed by atoms with van der Waals surface area (Å²) in [5.74, 6) is -0.720. The maximum absolute atomic E-state index is 11.8. The molecule has 0 saturated carbocycles. The number of hydrogen-bond acceptors (Lipinski definition) is 3. The van der Waals surface area contributed by atoms with E-state index in [1.54, 1.807) is 25.1 Å². The van der Waals surface area contributed by atoms with Crippen LogP contribution in [0.2, 0.25) is 0 Å². The van der Waals surface area contributed by atoms with Gasteiger partial charge in [0.25, 0.3) is 0 Å². The number of carbonyl (C=O) groups excluding carboxylic acids is 1. The van der Waals surface area contributed by atoms with E-state index in [4.69, 9.17) is 10.5 Å². The first-order chi connectivity index (χ1) is 7.65. The van der Waals surface area contributed by atoms with Gasteiger partial charge in [-0.25, -0.2) is 0 Å². The third-order valence-electron chi connectivity index (χ3n) is 2.29. The van der Waals surface area contributed by atoms with Crippen LogP contribution < -0.4 is 5.73 Å². The standard InChI is InChI=1S/C12H16FNO2/c1-9(12(15)16-7-3-6-13)10-4-2-5-11(14)8-10/h2,4-5,8-9H,3,6-7,14H2,1H3. The molecule has 0 spiro atoms. The van der Waals surface area contributed by atoms with Gasteiger partial charge in [-0.3, -0.25) is 9.18 Å². The van der Waals surface area contributed by atoms with Crippen molar-refractivity contribution in [3.63, 3.8) is 0 Å². The molecule has 0 aromatic heterocycles. The van der Waals surface area contributed by atoms with Gasteiger partial charge in [-0.2, -0.15) is 0 Å². The minimum Gasteiger partial charge on any atom is -0.465 e. The Bertz CT molecular complexity index is 355. The van der Waals surface area contributed by atoms with Crippen LogP contribution in [0.5, 0.6) is 0 Å². The number of nitrogen functional groups attached to an aromatic ring is 1. The van der Waals surface area contributed by atoms with Crippen LogP contribution in [-0.4, -0.2) is 19.3 Å². The smallest absolute Gasteiger partial charge is 0.313 e. The number of ether oxygens (including phenoxy) is 1. The second kappa shape index (κ2) is 6.10. The van der Waals surface area contributed by atoms with Crippen molar-refractivity contribution in [1.82, 2.24) is 0 Å². The molecule has 16 heavy (non-hydrogen) atoms. The van der Waals surface area contributed by atoms with E-state index >= 15 is 0 Å². The van der Waals surface area contributed by atoms with Crippen LogP contribution in [0, 0.1) is 0 Å². The number of nitrogens with two attached hydrogens (primary N) is 1. The second-order valence-corrected chi connectivity index (χ2v) is 3.60. The lowest BCUT2D eigenvalue weighted by Gasteiger charge is -2.11. The molecule has 1 rings (SSSR count). The zero-order chi connectivity index (χ0) is 12.0. The van der Waals surface area contributed by atoms with Crippen LogP contribution >= 0.6 is 0 Å². The molecule has 1 atom stereocenters. The summed E-state index contributed by atoms with van der Waals surface area (Å²) in [5, 5.41) is 0. The molecule has 0 saturated heterocycles.